The van der Waals surface area contributed by atoms with Gasteiger partial charge in [0.05, 0.1) is 15.6 Å². The third kappa shape index (κ3) is 4.45. The molecule has 0 fully saturated rings. The molecule has 1 aromatic heterocycles. The second-order valence-corrected chi connectivity index (χ2v) is 6.77. The fraction of sp³-hybridized carbons (Fsp3) is 0.111. The van der Waals surface area contributed by atoms with E-state index in [-0.39, 0.29) is 17.3 Å². The summed E-state index contributed by atoms with van der Waals surface area (Å²) in [6, 6.07) is 10.5. The van der Waals surface area contributed by atoms with Crippen molar-refractivity contribution in [1.29, 1.82) is 0 Å². The quantitative estimate of drug-likeness (QED) is 0.413. The highest BCUT2D eigenvalue weighted by atomic mass is 35.5. The molecule has 0 aliphatic rings. The summed E-state index contributed by atoms with van der Waals surface area (Å²) in [4.78, 5) is 19.2. The van der Waals surface area contributed by atoms with Gasteiger partial charge in [-0.25, -0.2) is 9.97 Å². The molecule has 3 aromatic rings. The van der Waals surface area contributed by atoms with E-state index < -0.39 is 4.92 Å². The molecule has 2 N–H and O–H groups in total. The van der Waals surface area contributed by atoms with Gasteiger partial charge in [0.25, 0.3) is 0 Å². The number of nitro groups is 1. The smallest absolute Gasteiger partial charge is 0.334 e. The summed E-state index contributed by atoms with van der Waals surface area (Å²) in [5.41, 5.74) is 2.86. The summed E-state index contributed by atoms with van der Waals surface area (Å²) in [5, 5.41) is 18.3. The minimum atomic E-state index is -0.550. The number of nitrogens with one attached hydrogen (secondary N) is 2. The van der Waals surface area contributed by atoms with Crippen molar-refractivity contribution < 1.29 is 4.92 Å². The second-order valence-electron chi connectivity index (χ2n) is 5.93. The van der Waals surface area contributed by atoms with Gasteiger partial charge in [0, 0.05) is 10.7 Å². The molecule has 0 atom stereocenters. The zero-order valence-electron chi connectivity index (χ0n) is 14.5. The van der Waals surface area contributed by atoms with Gasteiger partial charge in [0.1, 0.15) is 6.33 Å². The zero-order chi connectivity index (χ0) is 19.6. The first-order chi connectivity index (χ1) is 12.8. The molecule has 0 unspecified atom stereocenters. The first kappa shape index (κ1) is 18.9. The van der Waals surface area contributed by atoms with E-state index in [0.29, 0.717) is 21.4 Å². The van der Waals surface area contributed by atoms with Gasteiger partial charge in [-0.15, -0.1) is 0 Å². The Kier molecular flexibility index (Phi) is 5.43. The molecule has 27 heavy (non-hydrogen) atoms. The van der Waals surface area contributed by atoms with Crippen LogP contribution in [0.5, 0.6) is 0 Å². The van der Waals surface area contributed by atoms with Crippen LogP contribution in [0.2, 0.25) is 10.0 Å². The molecule has 0 amide bonds. The Labute approximate surface area is 165 Å². The predicted molar refractivity (Wildman–Crippen MR) is 108 cm³/mol. The molecule has 0 saturated carbocycles. The fourth-order valence-corrected chi connectivity index (χ4v) is 2.98. The lowest BCUT2D eigenvalue weighted by molar-refractivity contribution is -0.383. The summed E-state index contributed by atoms with van der Waals surface area (Å²) in [5.74, 6) is 0.0756. The number of aromatic nitrogens is 2. The van der Waals surface area contributed by atoms with Gasteiger partial charge in [0.2, 0.25) is 11.6 Å². The van der Waals surface area contributed by atoms with E-state index in [2.05, 4.69) is 20.6 Å². The molecular formula is C18H15Cl2N5O2. The van der Waals surface area contributed by atoms with Crippen LogP contribution in [0.4, 0.5) is 28.7 Å². The number of aryl methyl sites for hydroxylation is 2. The Morgan fingerprint density at radius 1 is 0.963 bits per heavy atom. The number of benzene rings is 2. The summed E-state index contributed by atoms with van der Waals surface area (Å²) >= 11 is 12.1. The van der Waals surface area contributed by atoms with E-state index >= 15 is 0 Å². The maximum Gasteiger partial charge on any atom is 0.353 e. The van der Waals surface area contributed by atoms with Crippen molar-refractivity contribution in [2.75, 3.05) is 10.6 Å². The van der Waals surface area contributed by atoms with E-state index in [1.807, 2.05) is 32.0 Å². The monoisotopic (exact) mass is 403 g/mol. The van der Waals surface area contributed by atoms with E-state index in [9.17, 15) is 10.1 Å². The first-order valence-electron chi connectivity index (χ1n) is 7.90. The molecule has 0 saturated heterocycles. The maximum absolute atomic E-state index is 11.7. The van der Waals surface area contributed by atoms with Gasteiger partial charge in [-0.3, -0.25) is 10.1 Å². The molecule has 138 valence electrons. The third-order valence-electron chi connectivity index (χ3n) is 3.67. The van der Waals surface area contributed by atoms with Crippen molar-refractivity contribution in [3.05, 3.63) is 74.0 Å². The molecule has 0 aliphatic heterocycles. The Hall–Kier alpha value is -2.90. The van der Waals surface area contributed by atoms with Gasteiger partial charge in [-0.2, -0.15) is 0 Å². The highest BCUT2D eigenvalue weighted by Gasteiger charge is 2.24. The zero-order valence-corrected chi connectivity index (χ0v) is 16.0. The molecule has 0 radical (unpaired) electrons. The number of rotatable bonds is 5. The van der Waals surface area contributed by atoms with Crippen LogP contribution in [0.3, 0.4) is 0 Å². The van der Waals surface area contributed by atoms with Crippen LogP contribution in [0.1, 0.15) is 11.1 Å². The van der Waals surface area contributed by atoms with E-state index in [1.54, 1.807) is 18.2 Å². The topological polar surface area (TPSA) is 93.0 Å². The molecular weight excluding hydrogens is 389 g/mol. The van der Waals surface area contributed by atoms with Gasteiger partial charge >= 0.3 is 5.69 Å². The average Bonchev–Trinajstić information content (AvgIpc) is 2.57. The van der Waals surface area contributed by atoms with Crippen molar-refractivity contribution in [3.8, 4) is 0 Å². The Balaban J connectivity index is 2.02. The number of hydrogen-bond donors (Lipinski definition) is 2. The van der Waals surface area contributed by atoms with Crippen LogP contribution in [0.25, 0.3) is 0 Å². The number of hydrogen-bond acceptors (Lipinski definition) is 6. The van der Waals surface area contributed by atoms with Gasteiger partial charge in [-0.1, -0.05) is 29.3 Å². The van der Waals surface area contributed by atoms with Crippen molar-refractivity contribution in [2.24, 2.45) is 0 Å². The van der Waals surface area contributed by atoms with Crippen LogP contribution in [-0.2, 0) is 0 Å². The molecule has 7 nitrogen and oxygen atoms in total. The minimum Gasteiger partial charge on any atom is -0.334 e. The van der Waals surface area contributed by atoms with Crippen LogP contribution in [0, 0.1) is 24.0 Å². The summed E-state index contributed by atoms with van der Waals surface area (Å²) in [6.45, 7) is 3.89. The highest BCUT2D eigenvalue weighted by Crippen LogP contribution is 2.35. The minimum absolute atomic E-state index is 0.00559. The Morgan fingerprint density at radius 3 is 2.22 bits per heavy atom. The summed E-state index contributed by atoms with van der Waals surface area (Å²) in [6.07, 6.45) is 1.23. The van der Waals surface area contributed by atoms with Crippen molar-refractivity contribution >= 4 is 51.9 Å². The molecule has 0 aliphatic carbocycles. The predicted octanol–water partition coefficient (Wildman–Crippen LogP) is 5.80. The highest BCUT2D eigenvalue weighted by molar-refractivity contribution is 6.35. The molecule has 3 rings (SSSR count). The maximum atomic E-state index is 11.7. The lowest BCUT2D eigenvalue weighted by Crippen LogP contribution is -2.06. The molecule has 0 bridgehead atoms. The largest absolute Gasteiger partial charge is 0.353 e. The van der Waals surface area contributed by atoms with E-state index in [1.165, 1.54) is 6.33 Å². The molecule has 9 heteroatoms. The van der Waals surface area contributed by atoms with Crippen molar-refractivity contribution in [2.45, 2.75) is 13.8 Å². The first-order valence-corrected chi connectivity index (χ1v) is 8.66. The van der Waals surface area contributed by atoms with E-state index in [0.717, 1.165) is 11.1 Å². The lowest BCUT2D eigenvalue weighted by atomic mass is 10.1. The van der Waals surface area contributed by atoms with Crippen LogP contribution >= 0.6 is 23.2 Å². The Bertz CT molecular complexity index is 1010. The summed E-state index contributed by atoms with van der Waals surface area (Å²) < 4.78 is 0. The second kappa shape index (κ2) is 7.77. The third-order valence-corrected chi connectivity index (χ3v) is 4.24. The van der Waals surface area contributed by atoms with Gasteiger partial charge < -0.3 is 10.6 Å². The van der Waals surface area contributed by atoms with Crippen LogP contribution in [0.15, 0.2) is 42.7 Å². The standard InChI is InChI=1S/C18H15Cl2N5O2/c1-10-5-11(2)7-13(6-10)23-17-16(25(26)27)18(22-9-21-17)24-15-8-12(19)3-4-14(15)20/h3-9H,1-2H3,(H2,21,22,23,24). The SMILES string of the molecule is Cc1cc(C)cc(Nc2ncnc(Nc3cc(Cl)ccc3Cl)c2[N+](=O)[O-])c1. The molecule has 0 spiro atoms. The van der Waals surface area contributed by atoms with Crippen molar-refractivity contribution in [1.82, 2.24) is 9.97 Å². The number of nitrogens with zero attached hydrogens (tertiary/aromatic N) is 3. The number of anilines is 4. The van der Waals surface area contributed by atoms with Gasteiger partial charge in [-0.05, 0) is 55.3 Å². The summed E-state index contributed by atoms with van der Waals surface area (Å²) in [7, 11) is 0. The average molecular weight is 404 g/mol. The molecule has 2 aromatic carbocycles. The molecule has 1 heterocycles. The van der Waals surface area contributed by atoms with E-state index in [4.69, 9.17) is 23.2 Å². The van der Waals surface area contributed by atoms with Crippen molar-refractivity contribution in [3.63, 3.8) is 0 Å². The van der Waals surface area contributed by atoms with Gasteiger partial charge in [0.15, 0.2) is 0 Å². The van der Waals surface area contributed by atoms with Crippen LogP contribution < -0.4 is 10.6 Å². The lowest BCUT2D eigenvalue weighted by Gasteiger charge is -2.12. The fourth-order valence-electron chi connectivity index (χ4n) is 2.64. The van der Waals surface area contributed by atoms with Crippen LogP contribution in [-0.4, -0.2) is 14.9 Å². The number of halogens is 2. The Morgan fingerprint density at radius 2 is 1.59 bits per heavy atom. The normalized spacial score (nSPS) is 10.5.